The van der Waals surface area contributed by atoms with Gasteiger partial charge in [0.05, 0.1) is 6.17 Å². The number of rotatable bonds is 0. The first-order valence-electron chi connectivity index (χ1n) is 4.02. The molecular formula is C7H15N3. The van der Waals surface area contributed by atoms with E-state index in [1.807, 2.05) is 0 Å². The van der Waals surface area contributed by atoms with Crippen molar-refractivity contribution in [2.45, 2.75) is 12.6 Å². The third kappa shape index (κ3) is 0.944. The van der Waals surface area contributed by atoms with Crippen LogP contribution >= 0.6 is 0 Å². The minimum absolute atomic E-state index is 0.654. The van der Waals surface area contributed by atoms with Crippen molar-refractivity contribution in [1.29, 1.82) is 0 Å². The van der Waals surface area contributed by atoms with E-state index in [0.717, 1.165) is 12.6 Å². The first-order chi connectivity index (χ1) is 4.88. The lowest BCUT2D eigenvalue weighted by atomic mass is 10.1. The van der Waals surface area contributed by atoms with Gasteiger partial charge in [0, 0.05) is 19.1 Å². The van der Waals surface area contributed by atoms with E-state index >= 15 is 0 Å². The van der Waals surface area contributed by atoms with Crippen LogP contribution in [0, 0.1) is 5.92 Å². The van der Waals surface area contributed by atoms with Gasteiger partial charge in [0.15, 0.2) is 0 Å². The monoisotopic (exact) mass is 141 g/mol. The van der Waals surface area contributed by atoms with Crippen LogP contribution in [-0.2, 0) is 0 Å². The third-order valence-electron chi connectivity index (χ3n) is 2.62. The van der Waals surface area contributed by atoms with E-state index in [2.05, 4.69) is 22.6 Å². The molecule has 2 fully saturated rings. The van der Waals surface area contributed by atoms with E-state index in [1.165, 1.54) is 19.5 Å². The Kier molecular flexibility index (Phi) is 1.64. The van der Waals surface area contributed by atoms with Gasteiger partial charge in [-0.05, 0) is 20.0 Å². The summed E-state index contributed by atoms with van der Waals surface area (Å²) in [4.78, 5) is 2.41. The van der Waals surface area contributed by atoms with E-state index in [-0.39, 0.29) is 0 Å². The molecule has 0 amide bonds. The van der Waals surface area contributed by atoms with Crippen LogP contribution in [0.1, 0.15) is 6.42 Å². The second-order valence-electron chi connectivity index (χ2n) is 3.31. The Hall–Kier alpha value is -0.120. The van der Waals surface area contributed by atoms with E-state index in [1.54, 1.807) is 0 Å². The zero-order valence-corrected chi connectivity index (χ0v) is 6.43. The Morgan fingerprint density at radius 3 is 3.20 bits per heavy atom. The molecule has 10 heavy (non-hydrogen) atoms. The molecule has 0 bridgehead atoms. The van der Waals surface area contributed by atoms with Gasteiger partial charge in [0.1, 0.15) is 0 Å². The van der Waals surface area contributed by atoms with Crippen LogP contribution in [0.5, 0.6) is 0 Å². The van der Waals surface area contributed by atoms with Crippen LogP contribution in [0.25, 0.3) is 0 Å². The molecule has 3 nitrogen and oxygen atoms in total. The van der Waals surface area contributed by atoms with E-state index < -0.39 is 0 Å². The maximum Gasteiger partial charge on any atom is 0.0646 e. The molecule has 2 aliphatic rings. The maximum atomic E-state index is 3.45. The Bertz CT molecular complexity index is 124. The van der Waals surface area contributed by atoms with E-state index in [0.29, 0.717) is 6.17 Å². The summed E-state index contributed by atoms with van der Waals surface area (Å²) < 4.78 is 0. The zero-order chi connectivity index (χ0) is 6.97. The number of fused-ring (bicyclic) bond motifs is 1. The van der Waals surface area contributed by atoms with Crippen molar-refractivity contribution < 1.29 is 0 Å². The zero-order valence-electron chi connectivity index (χ0n) is 6.43. The number of hydrogen-bond donors (Lipinski definition) is 2. The molecule has 0 aromatic heterocycles. The summed E-state index contributed by atoms with van der Waals surface area (Å²) >= 11 is 0. The number of likely N-dealkylation sites (tertiary alicyclic amines) is 1. The molecule has 2 atom stereocenters. The molecule has 0 aromatic carbocycles. The Morgan fingerprint density at radius 2 is 2.40 bits per heavy atom. The normalized spacial score (nSPS) is 41.7. The highest BCUT2D eigenvalue weighted by Crippen LogP contribution is 2.21. The molecule has 2 saturated heterocycles. The van der Waals surface area contributed by atoms with Gasteiger partial charge < -0.3 is 5.32 Å². The highest BCUT2D eigenvalue weighted by Gasteiger charge is 2.32. The molecule has 0 radical (unpaired) electrons. The topological polar surface area (TPSA) is 27.3 Å². The summed E-state index contributed by atoms with van der Waals surface area (Å²) in [6.07, 6.45) is 2.00. The second kappa shape index (κ2) is 2.49. The fourth-order valence-electron chi connectivity index (χ4n) is 2.00. The molecule has 2 rings (SSSR count). The average Bonchev–Trinajstić information content (AvgIpc) is 2.34. The average molecular weight is 141 g/mol. The molecule has 2 heterocycles. The van der Waals surface area contributed by atoms with Crippen LogP contribution in [0.3, 0.4) is 0 Å². The summed E-state index contributed by atoms with van der Waals surface area (Å²) in [6.45, 7) is 3.43. The highest BCUT2D eigenvalue weighted by molar-refractivity contribution is 4.87. The van der Waals surface area contributed by atoms with Gasteiger partial charge in [-0.2, -0.15) is 0 Å². The van der Waals surface area contributed by atoms with Crippen molar-refractivity contribution >= 4 is 0 Å². The molecule has 0 spiro atoms. The van der Waals surface area contributed by atoms with Gasteiger partial charge in [-0.3, -0.25) is 10.2 Å². The van der Waals surface area contributed by atoms with Crippen LogP contribution in [-0.4, -0.2) is 37.9 Å². The van der Waals surface area contributed by atoms with Crippen molar-refractivity contribution in [1.82, 2.24) is 15.5 Å². The molecule has 58 valence electrons. The summed E-state index contributed by atoms with van der Waals surface area (Å²) in [5.41, 5.74) is 0. The van der Waals surface area contributed by atoms with Crippen LogP contribution in [0.2, 0.25) is 0 Å². The molecular weight excluding hydrogens is 126 g/mol. The predicted molar refractivity (Wildman–Crippen MR) is 40.5 cm³/mol. The molecule has 2 unspecified atom stereocenters. The first-order valence-corrected chi connectivity index (χ1v) is 4.02. The van der Waals surface area contributed by atoms with Gasteiger partial charge in [0.25, 0.3) is 0 Å². The minimum Gasteiger partial charge on any atom is -0.304 e. The highest BCUT2D eigenvalue weighted by atomic mass is 15.3. The predicted octanol–water partition coefficient (Wildman–Crippen LogP) is -0.585. The molecule has 3 heteroatoms. The SMILES string of the molecule is CN1CCC2CNCNC21. The van der Waals surface area contributed by atoms with Gasteiger partial charge in [0.2, 0.25) is 0 Å². The number of nitrogens with zero attached hydrogens (tertiary/aromatic N) is 1. The lowest BCUT2D eigenvalue weighted by Gasteiger charge is -2.31. The summed E-state index contributed by atoms with van der Waals surface area (Å²) in [5.74, 6) is 0.846. The van der Waals surface area contributed by atoms with Crippen molar-refractivity contribution in [2.24, 2.45) is 5.92 Å². The van der Waals surface area contributed by atoms with Crippen molar-refractivity contribution in [3.8, 4) is 0 Å². The summed E-state index contributed by atoms with van der Waals surface area (Å²) in [7, 11) is 2.20. The first kappa shape index (κ1) is 6.58. The van der Waals surface area contributed by atoms with Crippen LogP contribution in [0.15, 0.2) is 0 Å². The summed E-state index contributed by atoms with van der Waals surface area (Å²) in [5, 5.41) is 6.78. The molecule has 2 N–H and O–H groups in total. The molecule has 0 saturated carbocycles. The second-order valence-corrected chi connectivity index (χ2v) is 3.31. The lowest BCUT2D eigenvalue weighted by Crippen LogP contribution is -2.53. The number of hydrogen-bond acceptors (Lipinski definition) is 3. The fraction of sp³-hybridized carbons (Fsp3) is 1.00. The maximum absolute atomic E-state index is 3.45. The van der Waals surface area contributed by atoms with Gasteiger partial charge >= 0.3 is 0 Å². The summed E-state index contributed by atoms with van der Waals surface area (Å²) in [6, 6.07) is 0. The third-order valence-corrected chi connectivity index (χ3v) is 2.62. The smallest absolute Gasteiger partial charge is 0.0646 e. The van der Waals surface area contributed by atoms with Gasteiger partial charge in [-0.15, -0.1) is 0 Å². The van der Waals surface area contributed by atoms with Crippen molar-refractivity contribution in [2.75, 3.05) is 26.8 Å². The largest absolute Gasteiger partial charge is 0.304 e. The van der Waals surface area contributed by atoms with Gasteiger partial charge in [-0.25, -0.2) is 0 Å². The Balaban J connectivity index is 2.01. The van der Waals surface area contributed by atoms with Crippen molar-refractivity contribution in [3.05, 3.63) is 0 Å². The Morgan fingerprint density at radius 1 is 1.50 bits per heavy atom. The minimum atomic E-state index is 0.654. The Labute approximate surface area is 61.8 Å². The van der Waals surface area contributed by atoms with Crippen LogP contribution in [0.4, 0.5) is 0 Å². The van der Waals surface area contributed by atoms with Crippen LogP contribution < -0.4 is 10.6 Å². The van der Waals surface area contributed by atoms with E-state index in [4.69, 9.17) is 0 Å². The standard InChI is InChI=1S/C7H15N3/c1-10-3-2-6-4-8-5-9-7(6)10/h6-9H,2-5H2,1H3. The fourth-order valence-corrected chi connectivity index (χ4v) is 2.00. The van der Waals surface area contributed by atoms with Gasteiger partial charge in [-0.1, -0.05) is 0 Å². The van der Waals surface area contributed by atoms with E-state index in [9.17, 15) is 0 Å². The van der Waals surface area contributed by atoms with Crippen molar-refractivity contribution in [3.63, 3.8) is 0 Å². The quantitative estimate of drug-likeness (QED) is 0.472. The lowest BCUT2D eigenvalue weighted by molar-refractivity contribution is 0.189. The molecule has 2 aliphatic heterocycles. The molecule has 0 aliphatic carbocycles. The molecule has 0 aromatic rings. The number of nitrogens with one attached hydrogen (secondary N) is 2.